The number of rotatable bonds is 7. The first kappa shape index (κ1) is 21.8. The van der Waals surface area contributed by atoms with Crippen LogP contribution in [0, 0.1) is 5.82 Å². The highest BCUT2D eigenvalue weighted by Crippen LogP contribution is 2.26. The molecule has 2 aromatic rings. The Labute approximate surface area is 175 Å². The number of carbonyl (C=O) groups excluding carboxylic acids is 1. The molecule has 5 nitrogen and oxygen atoms in total. The average Bonchev–Trinajstić information content (AvgIpc) is 2.74. The van der Waals surface area contributed by atoms with Gasteiger partial charge in [0.1, 0.15) is 5.82 Å². The number of amides is 1. The van der Waals surface area contributed by atoms with Crippen LogP contribution in [0.1, 0.15) is 35.2 Å². The van der Waals surface area contributed by atoms with Crippen molar-refractivity contribution in [3.63, 3.8) is 0 Å². The number of benzene rings is 2. The van der Waals surface area contributed by atoms with Crippen molar-refractivity contribution >= 4 is 27.7 Å². The summed E-state index contributed by atoms with van der Waals surface area (Å²) in [5.41, 5.74) is 1.27. The molecule has 0 spiro atoms. The van der Waals surface area contributed by atoms with Crippen molar-refractivity contribution in [3.8, 4) is 0 Å². The number of halogens is 1. The Morgan fingerprint density at radius 1 is 1.10 bits per heavy atom. The summed E-state index contributed by atoms with van der Waals surface area (Å²) in [5.74, 6) is -0.438. The molecule has 0 atom stereocenters. The lowest BCUT2D eigenvalue weighted by molar-refractivity contribution is 0.0720. The lowest BCUT2D eigenvalue weighted by Gasteiger charge is -2.27. The van der Waals surface area contributed by atoms with E-state index in [0.717, 1.165) is 29.7 Å². The van der Waals surface area contributed by atoms with E-state index in [-0.39, 0.29) is 23.2 Å². The van der Waals surface area contributed by atoms with E-state index in [1.165, 1.54) is 36.0 Å². The number of likely N-dealkylation sites (tertiary alicyclic amines) is 1. The molecule has 1 aliphatic heterocycles. The fourth-order valence-corrected chi connectivity index (χ4v) is 4.98. The summed E-state index contributed by atoms with van der Waals surface area (Å²) in [6, 6.07) is 10.7. The molecule has 0 saturated carbocycles. The number of thioether (sulfide) groups is 1. The molecule has 1 fully saturated rings. The predicted octanol–water partition coefficient (Wildman–Crippen LogP) is 3.69. The van der Waals surface area contributed by atoms with Gasteiger partial charge < -0.3 is 4.90 Å². The zero-order valence-corrected chi connectivity index (χ0v) is 18.0. The Morgan fingerprint density at radius 2 is 1.79 bits per heavy atom. The summed E-state index contributed by atoms with van der Waals surface area (Å²) in [6.07, 6.45) is 5.39. The minimum absolute atomic E-state index is 0.0785. The molecule has 0 aromatic heterocycles. The molecule has 1 saturated heterocycles. The van der Waals surface area contributed by atoms with Crippen LogP contribution < -0.4 is 4.72 Å². The molecule has 29 heavy (non-hydrogen) atoms. The third-order valence-electron chi connectivity index (χ3n) is 4.97. The summed E-state index contributed by atoms with van der Waals surface area (Å²) < 4.78 is 41.0. The maximum absolute atomic E-state index is 13.0. The van der Waals surface area contributed by atoms with Crippen LogP contribution in [0.4, 0.5) is 4.39 Å². The molecule has 156 valence electrons. The van der Waals surface area contributed by atoms with E-state index >= 15 is 0 Å². The monoisotopic (exact) mass is 436 g/mol. The summed E-state index contributed by atoms with van der Waals surface area (Å²) in [7, 11) is -3.75. The van der Waals surface area contributed by atoms with Crippen LogP contribution in [-0.4, -0.2) is 45.1 Å². The highest BCUT2D eigenvalue weighted by molar-refractivity contribution is 7.98. The van der Waals surface area contributed by atoms with Crippen LogP contribution in [-0.2, 0) is 16.4 Å². The number of hydrogen-bond donors (Lipinski definition) is 1. The largest absolute Gasteiger partial charge is 0.339 e. The molecule has 0 radical (unpaired) electrons. The fraction of sp³-hybridized carbons (Fsp3) is 0.381. The van der Waals surface area contributed by atoms with Gasteiger partial charge in [0.05, 0.1) is 10.5 Å². The van der Waals surface area contributed by atoms with Crippen LogP contribution in [0.15, 0.2) is 52.3 Å². The molecule has 1 amide bonds. The zero-order chi connectivity index (χ0) is 20.9. The minimum atomic E-state index is -3.75. The Morgan fingerprint density at radius 3 is 2.45 bits per heavy atom. The smallest absolute Gasteiger partial charge is 0.255 e. The van der Waals surface area contributed by atoms with E-state index in [1.807, 2.05) is 6.26 Å². The molecule has 1 N–H and O–H groups in total. The Kier molecular flexibility index (Phi) is 7.32. The molecular weight excluding hydrogens is 411 g/mol. The summed E-state index contributed by atoms with van der Waals surface area (Å²) in [6.45, 7) is 1.60. The van der Waals surface area contributed by atoms with Crippen molar-refractivity contribution < 1.29 is 17.6 Å². The SMILES string of the molecule is CSc1ccc(S(=O)(=O)NCCc2ccc(F)cc2)cc1C(=O)N1CCCCC1. The summed E-state index contributed by atoms with van der Waals surface area (Å²) in [4.78, 5) is 15.6. The van der Waals surface area contributed by atoms with Gasteiger partial charge in [0.15, 0.2) is 0 Å². The van der Waals surface area contributed by atoms with E-state index in [1.54, 1.807) is 23.1 Å². The van der Waals surface area contributed by atoms with E-state index in [4.69, 9.17) is 0 Å². The van der Waals surface area contributed by atoms with Crippen molar-refractivity contribution in [1.29, 1.82) is 0 Å². The second-order valence-corrected chi connectivity index (χ2v) is 9.60. The number of carbonyl (C=O) groups is 1. The van der Waals surface area contributed by atoms with Crippen molar-refractivity contribution in [2.45, 2.75) is 35.5 Å². The van der Waals surface area contributed by atoms with Gasteiger partial charge in [-0.15, -0.1) is 11.8 Å². The maximum atomic E-state index is 13.0. The molecule has 0 unspecified atom stereocenters. The standard InChI is InChI=1S/C21H25FN2O3S2/c1-28-20-10-9-18(15-19(20)21(25)24-13-3-2-4-14-24)29(26,27)23-12-11-16-5-7-17(22)8-6-16/h5-10,15,23H,2-4,11-14H2,1H3. The lowest BCUT2D eigenvalue weighted by atomic mass is 10.1. The van der Waals surface area contributed by atoms with E-state index in [0.29, 0.717) is 25.1 Å². The highest BCUT2D eigenvalue weighted by Gasteiger charge is 2.23. The van der Waals surface area contributed by atoms with Crippen LogP contribution in [0.2, 0.25) is 0 Å². The molecule has 8 heteroatoms. The molecular formula is C21H25FN2O3S2. The Hall–Kier alpha value is -1.90. The minimum Gasteiger partial charge on any atom is -0.339 e. The third-order valence-corrected chi connectivity index (χ3v) is 7.23. The van der Waals surface area contributed by atoms with E-state index < -0.39 is 10.0 Å². The van der Waals surface area contributed by atoms with Crippen molar-refractivity contribution in [2.24, 2.45) is 0 Å². The second kappa shape index (κ2) is 9.73. The molecule has 1 aliphatic rings. The van der Waals surface area contributed by atoms with Crippen LogP contribution in [0.3, 0.4) is 0 Å². The number of nitrogens with one attached hydrogen (secondary N) is 1. The summed E-state index contributed by atoms with van der Waals surface area (Å²) in [5, 5.41) is 0. The second-order valence-electron chi connectivity index (χ2n) is 6.99. The zero-order valence-electron chi connectivity index (χ0n) is 16.4. The van der Waals surface area contributed by atoms with Gasteiger partial charge >= 0.3 is 0 Å². The Bertz CT molecular complexity index is 956. The number of piperidine rings is 1. The van der Waals surface area contributed by atoms with Crippen molar-refractivity contribution in [2.75, 3.05) is 25.9 Å². The average molecular weight is 437 g/mol. The first-order chi connectivity index (χ1) is 13.9. The third kappa shape index (κ3) is 5.58. The van der Waals surface area contributed by atoms with E-state index in [2.05, 4.69) is 4.72 Å². The molecule has 0 bridgehead atoms. The van der Waals surface area contributed by atoms with Gasteiger partial charge in [0.25, 0.3) is 5.91 Å². The molecule has 2 aromatic carbocycles. The van der Waals surface area contributed by atoms with Gasteiger partial charge in [-0.05, 0) is 67.8 Å². The molecule has 3 rings (SSSR count). The van der Waals surface area contributed by atoms with Crippen molar-refractivity contribution in [1.82, 2.24) is 9.62 Å². The van der Waals surface area contributed by atoms with Gasteiger partial charge in [-0.2, -0.15) is 0 Å². The first-order valence-electron chi connectivity index (χ1n) is 9.62. The topological polar surface area (TPSA) is 66.5 Å². The fourth-order valence-electron chi connectivity index (χ4n) is 3.35. The summed E-state index contributed by atoms with van der Waals surface area (Å²) >= 11 is 1.43. The van der Waals surface area contributed by atoms with Gasteiger partial charge in [0.2, 0.25) is 10.0 Å². The quantitative estimate of drug-likeness (QED) is 0.672. The van der Waals surface area contributed by atoms with Gasteiger partial charge in [-0.1, -0.05) is 12.1 Å². The first-order valence-corrected chi connectivity index (χ1v) is 12.3. The van der Waals surface area contributed by atoms with Crippen LogP contribution >= 0.6 is 11.8 Å². The van der Waals surface area contributed by atoms with E-state index in [9.17, 15) is 17.6 Å². The van der Waals surface area contributed by atoms with Crippen molar-refractivity contribution in [3.05, 3.63) is 59.4 Å². The maximum Gasteiger partial charge on any atom is 0.255 e. The normalized spacial score (nSPS) is 14.8. The predicted molar refractivity (Wildman–Crippen MR) is 113 cm³/mol. The van der Waals surface area contributed by atoms with Crippen LogP contribution in [0.25, 0.3) is 0 Å². The van der Waals surface area contributed by atoms with Gasteiger partial charge in [-0.25, -0.2) is 17.5 Å². The van der Waals surface area contributed by atoms with Gasteiger partial charge in [-0.3, -0.25) is 4.79 Å². The number of nitrogens with zero attached hydrogens (tertiary/aromatic N) is 1. The van der Waals surface area contributed by atoms with Crippen LogP contribution in [0.5, 0.6) is 0 Å². The highest BCUT2D eigenvalue weighted by atomic mass is 32.2. The van der Waals surface area contributed by atoms with Gasteiger partial charge in [0, 0.05) is 24.5 Å². The Balaban J connectivity index is 1.74. The molecule has 1 heterocycles. The number of sulfonamides is 1. The lowest BCUT2D eigenvalue weighted by Crippen LogP contribution is -2.36. The molecule has 0 aliphatic carbocycles. The number of hydrogen-bond acceptors (Lipinski definition) is 4.